The molecule has 1 heterocycles. The molecular formula is C25H45NO3. The molecule has 1 unspecified atom stereocenters. The molecule has 0 aromatic carbocycles. The Balaban J connectivity index is 0.000000387. The molecule has 2 aliphatic rings. The molecule has 2 fully saturated rings. The fourth-order valence-electron chi connectivity index (χ4n) is 4.72. The smallest absolute Gasteiger partial charge is 0.122 e. The maximum atomic E-state index is 11.0. The van der Waals surface area contributed by atoms with E-state index in [4.69, 9.17) is 4.84 Å². The fraction of sp³-hybridized carbons (Fsp3) is 0.840. The van der Waals surface area contributed by atoms with Gasteiger partial charge in [0.2, 0.25) is 0 Å². The van der Waals surface area contributed by atoms with Crippen molar-refractivity contribution < 1.29 is 14.4 Å². The molecule has 2 rings (SSSR count). The number of carbonyl (C=O) groups is 2. The average Bonchev–Trinajstić information content (AvgIpc) is 3.07. The van der Waals surface area contributed by atoms with Gasteiger partial charge in [0.1, 0.15) is 12.6 Å². The van der Waals surface area contributed by atoms with E-state index in [9.17, 15) is 9.59 Å². The maximum absolute atomic E-state index is 11.0. The summed E-state index contributed by atoms with van der Waals surface area (Å²) in [6.07, 6.45) is 8.27. The number of hydrogen-bond donors (Lipinski definition) is 0. The number of piperidine rings is 1. The normalized spacial score (nSPS) is 28.4. The number of rotatable bonds is 8. The molecule has 0 N–H and O–H groups in total. The molecule has 168 valence electrons. The number of hydroxylamine groups is 2. The summed E-state index contributed by atoms with van der Waals surface area (Å²) in [6, 6.07) is 0. The molecule has 4 heteroatoms. The van der Waals surface area contributed by atoms with Crippen LogP contribution in [0.15, 0.2) is 12.7 Å². The van der Waals surface area contributed by atoms with Crippen molar-refractivity contribution in [3.05, 3.63) is 12.7 Å². The molecule has 0 aromatic heterocycles. The lowest BCUT2D eigenvalue weighted by Crippen LogP contribution is -2.60. The van der Waals surface area contributed by atoms with Crippen LogP contribution in [0.3, 0.4) is 0 Å². The summed E-state index contributed by atoms with van der Waals surface area (Å²) in [5.74, 6) is 1.41. The van der Waals surface area contributed by atoms with Crippen molar-refractivity contribution in [2.75, 3.05) is 0 Å². The maximum Gasteiger partial charge on any atom is 0.122 e. The highest BCUT2D eigenvalue weighted by atomic mass is 16.7. The predicted octanol–water partition coefficient (Wildman–Crippen LogP) is 6.00. The molecule has 1 saturated carbocycles. The quantitative estimate of drug-likeness (QED) is 0.366. The van der Waals surface area contributed by atoms with Crippen molar-refractivity contribution in [2.24, 2.45) is 22.7 Å². The summed E-state index contributed by atoms with van der Waals surface area (Å²) < 4.78 is 0. The molecule has 1 aliphatic carbocycles. The largest absolute Gasteiger partial charge is 0.303 e. The van der Waals surface area contributed by atoms with Crippen LogP contribution in [0.2, 0.25) is 0 Å². The van der Waals surface area contributed by atoms with E-state index in [1.54, 1.807) is 0 Å². The van der Waals surface area contributed by atoms with Crippen LogP contribution < -0.4 is 0 Å². The van der Waals surface area contributed by atoms with Gasteiger partial charge in [0.25, 0.3) is 0 Å². The van der Waals surface area contributed by atoms with Gasteiger partial charge in [-0.25, -0.2) is 0 Å². The minimum atomic E-state index is -0.232. The van der Waals surface area contributed by atoms with Crippen LogP contribution in [-0.4, -0.2) is 34.8 Å². The molecule has 0 bridgehead atoms. The van der Waals surface area contributed by atoms with Crippen LogP contribution in [0.1, 0.15) is 94.4 Å². The van der Waals surface area contributed by atoms with Gasteiger partial charge in [-0.2, -0.15) is 5.06 Å². The van der Waals surface area contributed by atoms with Crippen molar-refractivity contribution in [3.8, 4) is 0 Å². The number of aldehydes is 2. The summed E-state index contributed by atoms with van der Waals surface area (Å²) in [4.78, 5) is 27.4. The van der Waals surface area contributed by atoms with E-state index in [1.807, 2.05) is 6.08 Å². The van der Waals surface area contributed by atoms with Gasteiger partial charge >= 0.3 is 0 Å². The Morgan fingerprint density at radius 2 is 1.55 bits per heavy atom. The van der Waals surface area contributed by atoms with Gasteiger partial charge in [-0.1, -0.05) is 40.7 Å². The summed E-state index contributed by atoms with van der Waals surface area (Å²) in [5, 5.41) is 2.13. The lowest BCUT2D eigenvalue weighted by molar-refractivity contribution is -0.315. The van der Waals surface area contributed by atoms with Crippen molar-refractivity contribution in [2.45, 2.75) is 112 Å². The summed E-state index contributed by atoms with van der Waals surface area (Å²) in [6.45, 7) is 23.6. The Bertz CT molecular complexity index is 561. The third kappa shape index (κ3) is 6.24. The Morgan fingerprint density at radius 3 is 1.86 bits per heavy atom. The first-order valence-electron chi connectivity index (χ1n) is 11.2. The zero-order chi connectivity index (χ0) is 22.7. The first-order chi connectivity index (χ1) is 13.2. The van der Waals surface area contributed by atoms with Gasteiger partial charge in [0, 0.05) is 29.3 Å². The van der Waals surface area contributed by atoms with Gasteiger partial charge in [0.15, 0.2) is 0 Å². The SMILES string of the molecule is C=CC(C)(C)C(CC=O)ON1C(C)(C)CCCC1(C)C.C[C@H]1[C@@H](CC=O)C1(C)C. The van der Waals surface area contributed by atoms with E-state index in [2.05, 4.69) is 74.0 Å². The van der Waals surface area contributed by atoms with E-state index < -0.39 is 0 Å². The molecule has 1 aliphatic heterocycles. The van der Waals surface area contributed by atoms with E-state index in [0.717, 1.165) is 37.8 Å². The summed E-state index contributed by atoms with van der Waals surface area (Å²) in [5.41, 5.74) is 0.186. The minimum Gasteiger partial charge on any atom is -0.303 e. The highest BCUT2D eigenvalue weighted by Crippen LogP contribution is 2.59. The third-order valence-corrected chi connectivity index (χ3v) is 7.55. The van der Waals surface area contributed by atoms with Crippen LogP contribution in [0.4, 0.5) is 0 Å². The van der Waals surface area contributed by atoms with E-state index in [0.29, 0.717) is 17.8 Å². The third-order valence-electron chi connectivity index (χ3n) is 7.55. The van der Waals surface area contributed by atoms with Crippen LogP contribution in [0.25, 0.3) is 0 Å². The lowest BCUT2D eigenvalue weighted by atomic mass is 9.81. The topological polar surface area (TPSA) is 46.6 Å². The average molecular weight is 408 g/mol. The number of carbonyl (C=O) groups excluding carboxylic acids is 2. The Morgan fingerprint density at radius 1 is 1.07 bits per heavy atom. The zero-order valence-corrected chi connectivity index (χ0v) is 20.4. The molecule has 3 atom stereocenters. The van der Waals surface area contributed by atoms with E-state index in [-0.39, 0.29) is 22.6 Å². The second-order valence-corrected chi connectivity index (χ2v) is 11.4. The minimum absolute atomic E-state index is 0.0138. The zero-order valence-electron chi connectivity index (χ0n) is 20.4. The molecule has 0 spiro atoms. The van der Waals surface area contributed by atoms with Crippen LogP contribution >= 0.6 is 0 Å². The number of nitrogens with zero attached hydrogens (tertiary/aromatic N) is 1. The van der Waals surface area contributed by atoms with Crippen molar-refractivity contribution in [3.63, 3.8) is 0 Å². The van der Waals surface area contributed by atoms with Crippen LogP contribution in [0.5, 0.6) is 0 Å². The van der Waals surface area contributed by atoms with Crippen molar-refractivity contribution in [1.82, 2.24) is 5.06 Å². The first kappa shape index (κ1) is 26.0. The Labute approximate surface area is 179 Å². The second kappa shape index (κ2) is 9.43. The van der Waals surface area contributed by atoms with Crippen molar-refractivity contribution in [1.29, 1.82) is 0 Å². The highest BCUT2D eigenvalue weighted by molar-refractivity contribution is 5.51. The van der Waals surface area contributed by atoms with E-state index >= 15 is 0 Å². The Hall–Kier alpha value is -1.00. The Kier molecular flexibility index (Phi) is 8.46. The molecule has 1 saturated heterocycles. The lowest BCUT2D eigenvalue weighted by Gasteiger charge is -2.53. The van der Waals surface area contributed by atoms with Crippen LogP contribution in [-0.2, 0) is 14.4 Å². The van der Waals surface area contributed by atoms with Gasteiger partial charge < -0.3 is 9.59 Å². The standard InChI is InChI=1S/C17H31NO2.C8H14O/c1-8-15(2,3)14(10-13-19)20-18-16(4,5)11-9-12-17(18,6)7;1-6-7(4-5-9)8(6,2)3/h8,13-14H,1,9-12H2,2-7H3;5-7H,4H2,1-3H3/t;6-,7+/m.0/s1. The summed E-state index contributed by atoms with van der Waals surface area (Å²) >= 11 is 0. The first-order valence-corrected chi connectivity index (χ1v) is 11.2. The van der Waals surface area contributed by atoms with Crippen molar-refractivity contribution >= 4 is 12.6 Å². The monoisotopic (exact) mass is 407 g/mol. The van der Waals surface area contributed by atoms with Gasteiger partial charge in [0.05, 0.1) is 6.10 Å². The van der Waals surface area contributed by atoms with E-state index in [1.165, 1.54) is 6.42 Å². The molecule has 0 amide bonds. The predicted molar refractivity (Wildman–Crippen MR) is 120 cm³/mol. The van der Waals surface area contributed by atoms with Gasteiger partial charge in [-0.05, 0) is 64.2 Å². The van der Waals surface area contributed by atoms with Gasteiger partial charge in [-0.15, -0.1) is 6.58 Å². The molecular weight excluding hydrogens is 362 g/mol. The highest BCUT2D eigenvalue weighted by Gasteiger charge is 2.53. The fourth-order valence-corrected chi connectivity index (χ4v) is 4.72. The van der Waals surface area contributed by atoms with Gasteiger partial charge in [-0.3, -0.25) is 4.84 Å². The molecule has 4 nitrogen and oxygen atoms in total. The number of hydrogen-bond acceptors (Lipinski definition) is 4. The molecule has 0 aromatic rings. The van der Waals surface area contributed by atoms with Crippen LogP contribution in [0, 0.1) is 22.7 Å². The second-order valence-electron chi connectivity index (χ2n) is 11.4. The molecule has 29 heavy (non-hydrogen) atoms. The summed E-state index contributed by atoms with van der Waals surface area (Å²) in [7, 11) is 0. The molecule has 0 radical (unpaired) electrons.